The first kappa shape index (κ1) is 21.7. The van der Waals surface area contributed by atoms with Crippen molar-refractivity contribution in [1.29, 1.82) is 0 Å². The number of ether oxygens (including phenoxy) is 1. The molecular weight excluding hydrogens is 418 g/mol. The number of pyridine rings is 1. The average molecular weight is 450 g/mol. The predicted molar refractivity (Wildman–Crippen MR) is 127 cm³/mol. The number of anilines is 1. The van der Waals surface area contributed by atoms with Crippen LogP contribution in [0.5, 0.6) is 0 Å². The number of carbonyl (C=O) groups is 1. The van der Waals surface area contributed by atoms with E-state index in [9.17, 15) is 9.59 Å². The van der Waals surface area contributed by atoms with E-state index in [0.717, 1.165) is 43.9 Å². The molecule has 2 unspecified atom stereocenters. The van der Waals surface area contributed by atoms with Gasteiger partial charge in [-0.1, -0.05) is 18.2 Å². The van der Waals surface area contributed by atoms with Gasteiger partial charge in [0.05, 0.1) is 19.1 Å². The Morgan fingerprint density at radius 3 is 2.70 bits per heavy atom. The first-order valence-electron chi connectivity index (χ1n) is 11.8. The zero-order valence-corrected chi connectivity index (χ0v) is 19.3. The van der Waals surface area contributed by atoms with Crippen molar-refractivity contribution < 1.29 is 9.53 Å². The van der Waals surface area contributed by atoms with Gasteiger partial charge in [-0.15, -0.1) is 5.10 Å². The van der Waals surface area contributed by atoms with Gasteiger partial charge in [0, 0.05) is 44.1 Å². The Bertz CT molecular complexity index is 1190. The first-order chi connectivity index (χ1) is 16.0. The summed E-state index contributed by atoms with van der Waals surface area (Å²) in [6.07, 6.45) is 3.10. The topological polar surface area (TPSA) is 72.1 Å². The summed E-state index contributed by atoms with van der Waals surface area (Å²) >= 11 is 0. The highest BCUT2D eigenvalue weighted by Crippen LogP contribution is 2.37. The number of hydrogen-bond donors (Lipinski definition) is 0. The monoisotopic (exact) mass is 449 g/mol. The lowest BCUT2D eigenvalue weighted by Gasteiger charge is -2.36. The van der Waals surface area contributed by atoms with E-state index in [4.69, 9.17) is 4.74 Å². The molecule has 0 spiro atoms. The van der Waals surface area contributed by atoms with Crippen LogP contribution in [0.2, 0.25) is 0 Å². The largest absolute Gasteiger partial charge is 0.463 e. The van der Waals surface area contributed by atoms with Crippen LogP contribution in [0.4, 0.5) is 5.69 Å². The fraction of sp³-hybridized carbons (Fsp3) is 0.480. The summed E-state index contributed by atoms with van der Waals surface area (Å²) in [7, 11) is 0. The third kappa shape index (κ3) is 4.80. The maximum Gasteiger partial charge on any atom is 0.350 e. The molecule has 1 saturated heterocycles. The van der Waals surface area contributed by atoms with Gasteiger partial charge in [-0.25, -0.2) is 9.48 Å². The van der Waals surface area contributed by atoms with Crippen LogP contribution in [-0.2, 0) is 22.5 Å². The Morgan fingerprint density at radius 1 is 1.12 bits per heavy atom. The molecule has 8 heteroatoms. The van der Waals surface area contributed by atoms with Gasteiger partial charge in [0.15, 0.2) is 5.65 Å². The summed E-state index contributed by atoms with van der Waals surface area (Å²) in [4.78, 5) is 29.5. The Balaban J connectivity index is 1.14. The highest BCUT2D eigenvalue weighted by molar-refractivity contribution is 5.73. The highest BCUT2D eigenvalue weighted by atomic mass is 16.5. The quantitative estimate of drug-likeness (QED) is 0.515. The number of fused-ring (bicyclic) bond motifs is 1. The van der Waals surface area contributed by atoms with Crippen molar-refractivity contribution in [2.75, 3.05) is 31.1 Å². The van der Waals surface area contributed by atoms with Crippen molar-refractivity contribution in [2.45, 2.75) is 45.4 Å². The third-order valence-corrected chi connectivity index (χ3v) is 6.56. The molecule has 0 radical (unpaired) electrons. The van der Waals surface area contributed by atoms with E-state index in [1.165, 1.54) is 0 Å². The molecule has 1 aliphatic carbocycles. The molecule has 3 heterocycles. The zero-order chi connectivity index (χ0) is 22.9. The first-order valence-corrected chi connectivity index (χ1v) is 11.8. The number of nitrogens with zero attached hydrogens (tertiary/aromatic N) is 5. The van der Waals surface area contributed by atoms with Gasteiger partial charge in [0.2, 0.25) is 0 Å². The molecule has 2 atom stereocenters. The van der Waals surface area contributed by atoms with Crippen molar-refractivity contribution in [3.8, 4) is 0 Å². The molecule has 0 amide bonds. The number of hydrogen-bond acceptors (Lipinski definition) is 6. The fourth-order valence-electron chi connectivity index (χ4n) is 4.83. The van der Waals surface area contributed by atoms with Crippen molar-refractivity contribution in [1.82, 2.24) is 19.1 Å². The van der Waals surface area contributed by atoms with Crippen LogP contribution in [0, 0.1) is 5.92 Å². The smallest absolute Gasteiger partial charge is 0.350 e. The van der Waals surface area contributed by atoms with Gasteiger partial charge in [-0.3, -0.25) is 14.1 Å². The number of esters is 1. The van der Waals surface area contributed by atoms with Crippen molar-refractivity contribution in [2.24, 2.45) is 5.92 Å². The predicted octanol–water partition coefficient (Wildman–Crippen LogP) is 2.20. The van der Waals surface area contributed by atoms with Crippen molar-refractivity contribution >= 4 is 17.3 Å². The van der Waals surface area contributed by atoms with Crippen LogP contribution in [0.15, 0.2) is 53.5 Å². The molecule has 8 nitrogen and oxygen atoms in total. The second-order valence-electron chi connectivity index (χ2n) is 9.36. The second-order valence-corrected chi connectivity index (χ2v) is 9.36. The zero-order valence-electron chi connectivity index (χ0n) is 19.3. The average Bonchev–Trinajstić information content (AvgIpc) is 3.50. The van der Waals surface area contributed by atoms with Crippen molar-refractivity contribution in [3.63, 3.8) is 0 Å². The Labute approximate surface area is 193 Å². The summed E-state index contributed by atoms with van der Waals surface area (Å²) in [6, 6.07) is 14.4. The maximum absolute atomic E-state index is 12.5. The summed E-state index contributed by atoms with van der Waals surface area (Å²) in [5.41, 5.74) is 2.79. The number of piperazine rings is 1. The Kier molecular flexibility index (Phi) is 5.93. The van der Waals surface area contributed by atoms with Crippen LogP contribution in [-0.4, -0.2) is 63.4 Å². The van der Waals surface area contributed by atoms with Gasteiger partial charge in [-0.05, 0) is 56.0 Å². The van der Waals surface area contributed by atoms with Crippen LogP contribution >= 0.6 is 0 Å². The third-order valence-electron chi connectivity index (χ3n) is 6.56. The summed E-state index contributed by atoms with van der Waals surface area (Å²) in [6.45, 7) is 8.33. The van der Waals surface area contributed by atoms with Gasteiger partial charge < -0.3 is 9.64 Å². The lowest BCUT2D eigenvalue weighted by Crippen LogP contribution is -2.47. The minimum absolute atomic E-state index is 0.0572. The number of rotatable bonds is 7. The van der Waals surface area contributed by atoms with Crippen molar-refractivity contribution in [3.05, 3.63) is 64.7 Å². The number of aromatic nitrogens is 3. The summed E-state index contributed by atoms with van der Waals surface area (Å²) < 4.78 is 8.50. The fourth-order valence-corrected chi connectivity index (χ4v) is 4.83. The van der Waals surface area contributed by atoms with Gasteiger partial charge >= 0.3 is 11.7 Å². The van der Waals surface area contributed by atoms with Crippen LogP contribution < -0.4 is 10.6 Å². The van der Waals surface area contributed by atoms with E-state index >= 15 is 0 Å². The summed E-state index contributed by atoms with van der Waals surface area (Å²) in [5.74, 6) is 0.297. The van der Waals surface area contributed by atoms with Crippen LogP contribution in [0.25, 0.3) is 5.65 Å². The highest BCUT2D eigenvalue weighted by Gasteiger charge is 2.43. The molecule has 174 valence electrons. The molecule has 1 aliphatic heterocycles. The van der Waals surface area contributed by atoms with Gasteiger partial charge in [0.1, 0.15) is 0 Å². The van der Waals surface area contributed by atoms with E-state index in [1.807, 2.05) is 44.2 Å². The van der Waals surface area contributed by atoms with E-state index in [-0.39, 0.29) is 17.8 Å². The minimum Gasteiger partial charge on any atom is -0.463 e. The van der Waals surface area contributed by atoms with Crippen LogP contribution in [0.1, 0.15) is 25.8 Å². The van der Waals surface area contributed by atoms with E-state index in [0.29, 0.717) is 30.6 Å². The Hall–Kier alpha value is -3.13. The molecule has 2 aliphatic rings. The number of benzene rings is 1. The minimum atomic E-state index is -0.184. The lowest BCUT2D eigenvalue weighted by atomic mass is 10.1. The van der Waals surface area contributed by atoms with E-state index in [1.54, 1.807) is 15.3 Å². The second kappa shape index (κ2) is 9.02. The van der Waals surface area contributed by atoms with E-state index < -0.39 is 0 Å². The van der Waals surface area contributed by atoms with E-state index in [2.05, 4.69) is 27.0 Å². The molecule has 2 fully saturated rings. The lowest BCUT2D eigenvalue weighted by molar-refractivity contribution is -0.146. The van der Waals surface area contributed by atoms with Gasteiger partial charge in [0.25, 0.3) is 0 Å². The molecule has 2 aromatic heterocycles. The number of carbonyl (C=O) groups excluding carboxylic acids is 1. The molecule has 1 saturated carbocycles. The molecule has 0 bridgehead atoms. The molecule has 1 aromatic carbocycles. The molecular formula is C25H31N5O3. The van der Waals surface area contributed by atoms with Gasteiger partial charge in [-0.2, -0.15) is 0 Å². The normalized spacial score (nSPS) is 21.0. The molecule has 0 N–H and O–H groups in total. The SMILES string of the molecule is CC(C)OC(=O)Cc1cccc(N2CCN(C3CC3Cn3nc4ccccn4c3=O)CC2)c1. The molecule has 33 heavy (non-hydrogen) atoms. The van der Waals surface area contributed by atoms with Crippen LogP contribution in [0.3, 0.4) is 0 Å². The molecule has 3 aromatic rings. The standard InChI is InChI=1S/C25H31N5O3/c1-18(2)33-24(31)15-19-6-5-7-21(14-19)27-10-12-28(13-11-27)22-16-20(22)17-30-25(32)29-9-4-3-8-23(29)26-30/h3-9,14,18,20,22H,10-13,15-17H2,1-2H3. The molecule has 5 rings (SSSR count). The maximum atomic E-state index is 12.5. The summed E-state index contributed by atoms with van der Waals surface area (Å²) in [5, 5.41) is 4.48. The Morgan fingerprint density at radius 2 is 1.94 bits per heavy atom.